The lowest BCUT2D eigenvalue weighted by Gasteiger charge is -2.28. The molecule has 5 nitrogen and oxygen atoms in total. The van der Waals surface area contributed by atoms with Crippen molar-refractivity contribution < 1.29 is 13.2 Å². The second-order valence-corrected chi connectivity index (χ2v) is 11.7. The molecule has 2 aliphatic rings. The highest BCUT2D eigenvalue weighted by atomic mass is 32.2. The Bertz CT molecular complexity index is 1060. The van der Waals surface area contributed by atoms with Gasteiger partial charge in [-0.3, -0.25) is 9.69 Å². The Hall–Kier alpha value is -2.18. The first-order valence-corrected chi connectivity index (χ1v) is 13.2. The van der Waals surface area contributed by atoms with Crippen LogP contribution in [-0.4, -0.2) is 37.1 Å². The fourth-order valence-corrected chi connectivity index (χ4v) is 7.47. The third-order valence-corrected chi connectivity index (χ3v) is 9.69. The van der Waals surface area contributed by atoms with E-state index in [2.05, 4.69) is 22.3 Å². The Morgan fingerprint density at radius 2 is 1.56 bits per heavy atom. The Labute approximate surface area is 192 Å². The Morgan fingerprint density at radius 3 is 2.22 bits per heavy atom. The number of aryl methyl sites for hydroxylation is 2. The highest BCUT2D eigenvalue weighted by Crippen LogP contribution is 2.41. The number of hydrogen-bond donors (Lipinski definition) is 1. The summed E-state index contributed by atoms with van der Waals surface area (Å²) >= 11 is 0. The molecule has 0 bridgehead atoms. The summed E-state index contributed by atoms with van der Waals surface area (Å²) in [5.41, 5.74) is 3.84. The smallest absolute Gasteiger partial charge is 0.242 e. The molecule has 1 saturated carbocycles. The third-order valence-electron chi connectivity index (χ3n) is 7.05. The SMILES string of the molecule is Cc1ccc(C)c(S(=O)(=O)C2(C(=O)NCc3ccc(CN4CCCC4)cc3)CCCC2)c1. The summed E-state index contributed by atoms with van der Waals surface area (Å²) in [6, 6.07) is 13.7. The molecule has 32 heavy (non-hydrogen) atoms. The first-order chi connectivity index (χ1) is 15.3. The van der Waals surface area contributed by atoms with Crippen molar-refractivity contribution in [3.05, 3.63) is 64.7 Å². The molecule has 1 saturated heterocycles. The lowest BCUT2D eigenvalue weighted by Crippen LogP contribution is -2.50. The topological polar surface area (TPSA) is 66.5 Å². The van der Waals surface area contributed by atoms with Crippen molar-refractivity contribution in [3.63, 3.8) is 0 Å². The number of carbonyl (C=O) groups excluding carboxylic acids is 1. The van der Waals surface area contributed by atoms with Crippen molar-refractivity contribution in [3.8, 4) is 0 Å². The molecule has 1 heterocycles. The van der Waals surface area contributed by atoms with Crippen molar-refractivity contribution in [2.75, 3.05) is 13.1 Å². The molecule has 0 spiro atoms. The molecule has 1 aliphatic carbocycles. The molecular weight excluding hydrogens is 420 g/mol. The van der Waals surface area contributed by atoms with Crippen LogP contribution in [0.15, 0.2) is 47.4 Å². The number of sulfone groups is 1. The van der Waals surface area contributed by atoms with Gasteiger partial charge in [-0.2, -0.15) is 0 Å². The molecule has 4 rings (SSSR count). The van der Waals surface area contributed by atoms with E-state index in [1.807, 2.05) is 31.2 Å². The molecule has 0 radical (unpaired) electrons. The second-order valence-electron chi connectivity index (χ2n) is 9.46. The van der Waals surface area contributed by atoms with Crippen molar-refractivity contribution in [2.45, 2.75) is 75.1 Å². The molecule has 1 amide bonds. The summed E-state index contributed by atoms with van der Waals surface area (Å²) in [6.07, 6.45) is 4.81. The predicted molar refractivity (Wildman–Crippen MR) is 127 cm³/mol. The normalized spacial score (nSPS) is 18.7. The van der Waals surface area contributed by atoms with Crippen LogP contribution in [-0.2, 0) is 27.7 Å². The number of rotatable bonds is 7. The fourth-order valence-electron chi connectivity index (χ4n) is 5.08. The van der Waals surface area contributed by atoms with Crippen LogP contribution in [0, 0.1) is 13.8 Å². The third kappa shape index (κ3) is 4.48. The van der Waals surface area contributed by atoms with E-state index in [9.17, 15) is 13.2 Å². The molecule has 0 unspecified atom stereocenters. The minimum absolute atomic E-state index is 0.292. The number of likely N-dealkylation sites (tertiary alicyclic amines) is 1. The molecule has 172 valence electrons. The van der Waals surface area contributed by atoms with Crippen LogP contribution in [0.3, 0.4) is 0 Å². The quantitative estimate of drug-likeness (QED) is 0.677. The van der Waals surface area contributed by atoms with Crippen molar-refractivity contribution in [1.29, 1.82) is 0 Å². The van der Waals surface area contributed by atoms with Gasteiger partial charge in [0.25, 0.3) is 0 Å². The Morgan fingerprint density at radius 1 is 0.938 bits per heavy atom. The number of nitrogens with one attached hydrogen (secondary N) is 1. The maximum absolute atomic E-state index is 13.7. The zero-order valence-corrected chi connectivity index (χ0v) is 20.0. The zero-order chi connectivity index (χ0) is 22.8. The van der Waals surface area contributed by atoms with Crippen LogP contribution >= 0.6 is 0 Å². The van der Waals surface area contributed by atoms with Crippen molar-refractivity contribution >= 4 is 15.7 Å². The molecule has 1 N–H and O–H groups in total. The van der Waals surface area contributed by atoms with Crippen LogP contribution < -0.4 is 5.32 Å². The molecule has 1 aliphatic heterocycles. The van der Waals surface area contributed by atoms with E-state index in [1.165, 1.54) is 18.4 Å². The van der Waals surface area contributed by atoms with Crippen molar-refractivity contribution in [2.24, 2.45) is 0 Å². The monoisotopic (exact) mass is 454 g/mol. The summed E-state index contributed by atoms with van der Waals surface area (Å²) in [5, 5.41) is 2.96. The summed E-state index contributed by atoms with van der Waals surface area (Å²) in [6.45, 7) is 7.31. The minimum atomic E-state index is -3.79. The van der Waals surface area contributed by atoms with Gasteiger partial charge in [0.15, 0.2) is 14.6 Å². The highest BCUT2D eigenvalue weighted by Gasteiger charge is 2.53. The van der Waals surface area contributed by atoms with Crippen molar-refractivity contribution in [1.82, 2.24) is 10.2 Å². The second kappa shape index (κ2) is 9.36. The molecule has 0 atom stereocenters. The van der Waals surface area contributed by atoms with Gasteiger partial charge in [-0.1, -0.05) is 49.2 Å². The lowest BCUT2D eigenvalue weighted by molar-refractivity contribution is -0.123. The van der Waals surface area contributed by atoms with E-state index in [0.29, 0.717) is 29.8 Å². The number of nitrogens with zero attached hydrogens (tertiary/aromatic N) is 1. The van der Waals surface area contributed by atoms with Gasteiger partial charge in [-0.05, 0) is 80.9 Å². The fraction of sp³-hybridized carbons (Fsp3) is 0.500. The van der Waals surface area contributed by atoms with Crippen LogP contribution in [0.5, 0.6) is 0 Å². The van der Waals surface area contributed by atoms with Crippen LogP contribution in [0.1, 0.15) is 60.8 Å². The van der Waals surface area contributed by atoms with E-state index in [1.54, 1.807) is 13.0 Å². The van der Waals surface area contributed by atoms with Gasteiger partial charge < -0.3 is 5.32 Å². The van der Waals surface area contributed by atoms with Gasteiger partial charge in [0, 0.05) is 13.1 Å². The van der Waals surface area contributed by atoms with Gasteiger partial charge >= 0.3 is 0 Å². The van der Waals surface area contributed by atoms with E-state index in [0.717, 1.165) is 43.6 Å². The lowest BCUT2D eigenvalue weighted by atomic mass is 10.1. The van der Waals surface area contributed by atoms with Gasteiger partial charge in [-0.15, -0.1) is 0 Å². The van der Waals surface area contributed by atoms with E-state index < -0.39 is 14.6 Å². The Kier molecular flexibility index (Phi) is 6.72. The van der Waals surface area contributed by atoms with Gasteiger partial charge in [0.1, 0.15) is 0 Å². The van der Waals surface area contributed by atoms with Crippen LogP contribution in [0.25, 0.3) is 0 Å². The standard InChI is InChI=1S/C26H34N2O3S/c1-20-7-8-21(2)24(17-20)32(30,31)26(13-3-4-14-26)25(29)27-18-22-9-11-23(12-10-22)19-28-15-5-6-16-28/h7-12,17H,3-6,13-16,18-19H2,1-2H3,(H,27,29). The number of amides is 1. The Balaban J connectivity index is 1.48. The number of carbonyl (C=O) groups is 1. The summed E-state index contributed by atoms with van der Waals surface area (Å²) in [4.78, 5) is 16.1. The number of hydrogen-bond acceptors (Lipinski definition) is 4. The van der Waals surface area contributed by atoms with Gasteiger partial charge in [0.2, 0.25) is 5.91 Å². The van der Waals surface area contributed by atoms with E-state index in [-0.39, 0.29) is 5.91 Å². The summed E-state index contributed by atoms with van der Waals surface area (Å²) in [7, 11) is -3.79. The number of benzene rings is 2. The molecular formula is C26H34N2O3S. The highest BCUT2D eigenvalue weighted by molar-refractivity contribution is 7.93. The molecule has 2 fully saturated rings. The van der Waals surface area contributed by atoms with E-state index in [4.69, 9.17) is 0 Å². The molecule has 2 aromatic rings. The van der Waals surface area contributed by atoms with Gasteiger partial charge in [0.05, 0.1) is 4.90 Å². The van der Waals surface area contributed by atoms with E-state index >= 15 is 0 Å². The van der Waals surface area contributed by atoms with Gasteiger partial charge in [-0.25, -0.2) is 8.42 Å². The summed E-state index contributed by atoms with van der Waals surface area (Å²) in [5.74, 6) is -0.364. The molecule has 6 heteroatoms. The average molecular weight is 455 g/mol. The first-order valence-electron chi connectivity index (χ1n) is 11.7. The zero-order valence-electron chi connectivity index (χ0n) is 19.2. The van der Waals surface area contributed by atoms with Crippen LogP contribution in [0.4, 0.5) is 0 Å². The minimum Gasteiger partial charge on any atom is -0.351 e. The summed E-state index contributed by atoms with van der Waals surface area (Å²) < 4.78 is 26.1. The average Bonchev–Trinajstić information content (AvgIpc) is 3.48. The molecule has 0 aromatic heterocycles. The predicted octanol–water partition coefficient (Wildman–Crippen LogP) is 4.30. The maximum Gasteiger partial charge on any atom is 0.242 e. The first kappa shape index (κ1) is 23.0. The van der Waals surface area contributed by atoms with Crippen LogP contribution in [0.2, 0.25) is 0 Å². The molecule has 2 aromatic carbocycles. The maximum atomic E-state index is 13.7. The largest absolute Gasteiger partial charge is 0.351 e.